The van der Waals surface area contributed by atoms with Crippen molar-refractivity contribution in [3.63, 3.8) is 0 Å². The largest absolute Gasteiger partial charge is 0.425 e. The molecule has 2 heterocycles. The second kappa shape index (κ2) is 6.50. The first kappa shape index (κ1) is 13.8. The van der Waals surface area contributed by atoms with Crippen LogP contribution in [0.3, 0.4) is 0 Å². The van der Waals surface area contributed by atoms with Gasteiger partial charge in [0.25, 0.3) is 0 Å². The van der Waals surface area contributed by atoms with Crippen molar-refractivity contribution in [1.82, 2.24) is 15.5 Å². The summed E-state index contributed by atoms with van der Waals surface area (Å²) in [6.45, 7) is 4.12. The van der Waals surface area contributed by atoms with Gasteiger partial charge in [-0.15, -0.1) is 21.5 Å². The zero-order valence-electron chi connectivity index (χ0n) is 11.9. The van der Waals surface area contributed by atoms with Crippen molar-refractivity contribution in [2.24, 2.45) is 0 Å². The molecule has 2 aromatic rings. The van der Waals surface area contributed by atoms with Crippen LogP contribution in [0.2, 0.25) is 0 Å². The van der Waals surface area contributed by atoms with Crippen LogP contribution in [-0.4, -0.2) is 23.3 Å². The molecule has 1 atom stereocenters. The van der Waals surface area contributed by atoms with E-state index in [1.165, 1.54) is 23.3 Å². The lowest BCUT2D eigenvalue weighted by atomic mass is 9.88. The summed E-state index contributed by atoms with van der Waals surface area (Å²) in [5, 5.41) is 14.0. The predicted octanol–water partition coefficient (Wildman–Crippen LogP) is 3.14. The Balaban J connectivity index is 1.66. The third-order valence-corrected chi connectivity index (χ3v) is 4.77. The maximum absolute atomic E-state index is 5.87. The maximum Gasteiger partial charge on any atom is 0.224 e. The van der Waals surface area contributed by atoms with Gasteiger partial charge in [0.1, 0.15) is 0 Å². The molecule has 1 unspecified atom stereocenters. The third-order valence-electron chi connectivity index (χ3n) is 3.77. The summed E-state index contributed by atoms with van der Waals surface area (Å²) in [6, 6.07) is 2.22. The Morgan fingerprint density at radius 1 is 1.40 bits per heavy atom. The molecule has 0 saturated heterocycles. The van der Waals surface area contributed by atoms with Crippen molar-refractivity contribution < 1.29 is 4.42 Å². The van der Waals surface area contributed by atoms with Crippen molar-refractivity contribution in [3.8, 4) is 0 Å². The molecule has 0 bridgehead atoms. The number of hydrogen-bond acceptors (Lipinski definition) is 5. The highest BCUT2D eigenvalue weighted by atomic mass is 32.1. The molecular formula is C15H21N3OS. The monoisotopic (exact) mass is 291 g/mol. The molecule has 108 valence electrons. The van der Waals surface area contributed by atoms with Gasteiger partial charge in [-0.25, -0.2) is 0 Å². The molecule has 1 aliphatic carbocycles. The summed E-state index contributed by atoms with van der Waals surface area (Å²) in [5.74, 6) is 1.87. The smallest absolute Gasteiger partial charge is 0.224 e. The van der Waals surface area contributed by atoms with Crippen LogP contribution in [0, 0.1) is 0 Å². The zero-order valence-corrected chi connectivity index (χ0v) is 12.7. The van der Waals surface area contributed by atoms with E-state index in [0.29, 0.717) is 5.92 Å². The second-order valence-corrected chi connectivity index (χ2v) is 6.28. The van der Waals surface area contributed by atoms with Crippen LogP contribution in [-0.2, 0) is 12.8 Å². The van der Waals surface area contributed by atoms with Crippen LogP contribution in [0.15, 0.2) is 15.9 Å². The molecule has 2 aromatic heterocycles. The molecule has 0 fully saturated rings. The summed E-state index contributed by atoms with van der Waals surface area (Å²) in [4.78, 5) is 1.49. The Morgan fingerprint density at radius 2 is 2.35 bits per heavy atom. The number of hydrogen-bond donors (Lipinski definition) is 1. The van der Waals surface area contributed by atoms with Crippen LogP contribution < -0.4 is 5.32 Å². The molecule has 4 nitrogen and oxygen atoms in total. The molecular weight excluding hydrogens is 270 g/mol. The summed E-state index contributed by atoms with van der Waals surface area (Å²) in [5.41, 5.74) is 1.40. The number of thiophene rings is 1. The van der Waals surface area contributed by atoms with Crippen LogP contribution in [0.4, 0.5) is 0 Å². The van der Waals surface area contributed by atoms with E-state index in [1.807, 2.05) is 11.3 Å². The number of aromatic nitrogens is 2. The van der Waals surface area contributed by atoms with Crippen LogP contribution in [0.25, 0.3) is 0 Å². The molecule has 1 aliphatic rings. The van der Waals surface area contributed by atoms with Crippen LogP contribution in [0.1, 0.15) is 54.3 Å². The Labute approximate surface area is 123 Å². The van der Waals surface area contributed by atoms with Crippen LogP contribution >= 0.6 is 11.3 Å². The normalized spacial score (nSPS) is 18.1. The molecule has 1 N–H and O–H groups in total. The van der Waals surface area contributed by atoms with E-state index in [2.05, 4.69) is 33.9 Å². The fraction of sp³-hybridized carbons (Fsp3) is 0.600. The van der Waals surface area contributed by atoms with Gasteiger partial charge < -0.3 is 9.73 Å². The van der Waals surface area contributed by atoms with E-state index in [0.717, 1.165) is 44.1 Å². The molecule has 3 rings (SSSR count). The van der Waals surface area contributed by atoms with Gasteiger partial charge in [-0.3, -0.25) is 0 Å². The number of nitrogens with zero attached hydrogens (tertiary/aromatic N) is 2. The van der Waals surface area contributed by atoms with Crippen molar-refractivity contribution in [2.45, 2.75) is 44.9 Å². The third kappa shape index (κ3) is 2.94. The average molecular weight is 291 g/mol. The summed E-state index contributed by atoms with van der Waals surface area (Å²) in [7, 11) is 0. The highest BCUT2D eigenvalue weighted by Crippen LogP contribution is 2.38. The molecule has 0 spiro atoms. The van der Waals surface area contributed by atoms with Gasteiger partial charge in [-0.1, -0.05) is 6.92 Å². The zero-order chi connectivity index (χ0) is 13.8. The molecule has 20 heavy (non-hydrogen) atoms. The minimum absolute atomic E-state index is 0.315. The standard InChI is InChI=1S/C15H21N3OS/c1-2-8-16-9-6-14-17-18-15(19-14)12-4-3-5-13-11(12)7-10-20-13/h7,10,12,16H,2-6,8-9H2,1H3. The van der Waals surface area contributed by atoms with Crippen LogP contribution in [0.5, 0.6) is 0 Å². The predicted molar refractivity (Wildman–Crippen MR) is 80.3 cm³/mol. The molecule has 5 heteroatoms. The fourth-order valence-electron chi connectivity index (χ4n) is 2.75. The number of fused-ring (bicyclic) bond motifs is 1. The van der Waals surface area contributed by atoms with E-state index in [1.54, 1.807) is 0 Å². The molecule has 0 amide bonds. The number of aryl methyl sites for hydroxylation is 1. The number of rotatable bonds is 6. The Bertz CT molecular complexity index is 549. The molecule has 0 aromatic carbocycles. The first-order valence-electron chi connectivity index (χ1n) is 7.47. The van der Waals surface area contributed by atoms with E-state index >= 15 is 0 Å². The fourth-order valence-corrected chi connectivity index (χ4v) is 3.74. The topological polar surface area (TPSA) is 51.0 Å². The SMILES string of the molecule is CCCNCCc1nnc(C2CCCc3sccc32)o1. The van der Waals surface area contributed by atoms with Gasteiger partial charge in [0.15, 0.2) is 0 Å². The lowest BCUT2D eigenvalue weighted by Crippen LogP contribution is -2.17. The van der Waals surface area contributed by atoms with Gasteiger partial charge in [-0.2, -0.15) is 0 Å². The minimum atomic E-state index is 0.315. The van der Waals surface area contributed by atoms with Gasteiger partial charge in [0, 0.05) is 17.8 Å². The van der Waals surface area contributed by atoms with E-state index in [4.69, 9.17) is 4.42 Å². The van der Waals surface area contributed by atoms with Gasteiger partial charge in [0.2, 0.25) is 11.8 Å². The van der Waals surface area contributed by atoms with Crippen molar-refractivity contribution in [1.29, 1.82) is 0 Å². The molecule has 0 aliphatic heterocycles. The van der Waals surface area contributed by atoms with Gasteiger partial charge in [-0.05, 0) is 49.2 Å². The molecule has 0 radical (unpaired) electrons. The van der Waals surface area contributed by atoms with Gasteiger partial charge in [0.05, 0.1) is 5.92 Å². The van der Waals surface area contributed by atoms with E-state index in [9.17, 15) is 0 Å². The second-order valence-electron chi connectivity index (χ2n) is 5.28. The number of nitrogens with one attached hydrogen (secondary N) is 1. The van der Waals surface area contributed by atoms with E-state index < -0.39 is 0 Å². The van der Waals surface area contributed by atoms with Crippen molar-refractivity contribution in [2.75, 3.05) is 13.1 Å². The summed E-state index contributed by atoms with van der Waals surface area (Å²) < 4.78 is 5.87. The van der Waals surface area contributed by atoms with Crippen molar-refractivity contribution >= 4 is 11.3 Å². The highest BCUT2D eigenvalue weighted by molar-refractivity contribution is 7.10. The lowest BCUT2D eigenvalue weighted by Gasteiger charge is -2.18. The minimum Gasteiger partial charge on any atom is -0.425 e. The highest BCUT2D eigenvalue weighted by Gasteiger charge is 2.27. The first-order valence-corrected chi connectivity index (χ1v) is 8.35. The quantitative estimate of drug-likeness (QED) is 0.831. The Morgan fingerprint density at radius 3 is 3.25 bits per heavy atom. The van der Waals surface area contributed by atoms with E-state index in [-0.39, 0.29) is 0 Å². The molecule has 0 saturated carbocycles. The van der Waals surface area contributed by atoms with Gasteiger partial charge >= 0.3 is 0 Å². The lowest BCUT2D eigenvalue weighted by molar-refractivity contribution is 0.411. The Hall–Kier alpha value is -1.20. The average Bonchev–Trinajstić information content (AvgIpc) is 3.12. The summed E-state index contributed by atoms with van der Waals surface area (Å²) in [6.07, 6.45) is 5.51. The van der Waals surface area contributed by atoms with Crippen molar-refractivity contribution in [3.05, 3.63) is 33.7 Å². The summed E-state index contributed by atoms with van der Waals surface area (Å²) >= 11 is 1.85. The maximum atomic E-state index is 5.87. The Kier molecular flexibility index (Phi) is 4.47. The first-order chi connectivity index (χ1) is 9.88.